The molecule has 0 aliphatic carbocycles. The van der Waals surface area contributed by atoms with Crippen molar-refractivity contribution in [2.45, 2.75) is 19.8 Å². The summed E-state index contributed by atoms with van der Waals surface area (Å²) in [7, 11) is 1.52. The van der Waals surface area contributed by atoms with E-state index in [1.165, 1.54) is 7.11 Å². The highest BCUT2D eigenvalue weighted by Crippen LogP contribution is 2.30. The normalized spacial score (nSPS) is 11.2. The van der Waals surface area contributed by atoms with Crippen molar-refractivity contribution in [3.63, 3.8) is 0 Å². The van der Waals surface area contributed by atoms with Gasteiger partial charge in [0.1, 0.15) is 11.3 Å². The van der Waals surface area contributed by atoms with E-state index in [2.05, 4.69) is 0 Å². The van der Waals surface area contributed by atoms with Gasteiger partial charge in [0, 0.05) is 10.9 Å². The first-order valence-corrected chi connectivity index (χ1v) is 7.97. The molecule has 3 aromatic rings. The molecule has 1 aromatic heterocycles. The minimum atomic E-state index is -0.163. The summed E-state index contributed by atoms with van der Waals surface area (Å²) in [6.07, 6.45) is 0. The lowest BCUT2D eigenvalue weighted by Crippen LogP contribution is -2.25. The molecule has 0 bridgehead atoms. The molecule has 24 heavy (non-hydrogen) atoms. The van der Waals surface area contributed by atoms with Gasteiger partial charge in [-0.2, -0.15) is 0 Å². The molecule has 1 heterocycles. The van der Waals surface area contributed by atoms with E-state index in [-0.39, 0.29) is 11.5 Å². The maximum absolute atomic E-state index is 13.1. The van der Waals surface area contributed by atoms with Gasteiger partial charge in [0.05, 0.1) is 23.9 Å². The van der Waals surface area contributed by atoms with Gasteiger partial charge in [-0.3, -0.25) is 9.36 Å². The number of anilines is 1. The van der Waals surface area contributed by atoms with Gasteiger partial charge in [-0.15, -0.1) is 0 Å². The third kappa shape index (κ3) is 2.61. The average molecular weight is 344 g/mol. The number of hydrogen-bond donors (Lipinski definition) is 1. The number of nitrogens with two attached hydrogens (primary N) is 1. The monoisotopic (exact) mass is 343 g/mol. The van der Waals surface area contributed by atoms with E-state index in [9.17, 15) is 4.79 Å². The van der Waals surface area contributed by atoms with Crippen molar-refractivity contribution in [2.75, 3.05) is 12.8 Å². The number of ether oxygens (including phenoxy) is 1. The van der Waals surface area contributed by atoms with Crippen molar-refractivity contribution in [2.24, 2.45) is 0 Å². The van der Waals surface area contributed by atoms with Gasteiger partial charge < -0.3 is 10.5 Å². The predicted molar refractivity (Wildman–Crippen MR) is 97.4 cm³/mol. The van der Waals surface area contributed by atoms with Gasteiger partial charge in [-0.25, -0.2) is 4.98 Å². The predicted octanol–water partition coefficient (Wildman–Crippen LogP) is 3.75. The van der Waals surface area contributed by atoms with Crippen LogP contribution in [0.3, 0.4) is 0 Å². The molecule has 5 nitrogen and oxygen atoms in total. The Morgan fingerprint density at radius 3 is 2.42 bits per heavy atom. The Balaban J connectivity index is 2.43. The fourth-order valence-electron chi connectivity index (χ4n) is 2.70. The Kier molecular flexibility index (Phi) is 4.20. The number of fused-ring (bicyclic) bond motifs is 1. The third-order valence-corrected chi connectivity index (χ3v) is 4.11. The lowest BCUT2D eigenvalue weighted by Gasteiger charge is -2.17. The maximum atomic E-state index is 13.1. The molecule has 0 aliphatic rings. The Labute approximate surface area is 144 Å². The van der Waals surface area contributed by atoms with Crippen molar-refractivity contribution in [1.29, 1.82) is 0 Å². The van der Waals surface area contributed by atoms with Crippen LogP contribution in [0.1, 0.15) is 25.6 Å². The van der Waals surface area contributed by atoms with Gasteiger partial charge in [0.25, 0.3) is 5.56 Å². The van der Waals surface area contributed by atoms with Gasteiger partial charge >= 0.3 is 0 Å². The van der Waals surface area contributed by atoms with E-state index < -0.39 is 0 Å². The molecule has 3 rings (SSSR count). The fourth-order valence-corrected chi connectivity index (χ4v) is 2.83. The minimum absolute atomic E-state index is 0.0314. The van der Waals surface area contributed by atoms with Gasteiger partial charge in [0.2, 0.25) is 0 Å². The second kappa shape index (κ2) is 6.17. The summed E-state index contributed by atoms with van der Waals surface area (Å²) in [4.78, 5) is 17.8. The number of nitrogen functional groups attached to an aromatic ring is 1. The largest absolute Gasteiger partial charge is 0.492 e. The Hall–Kier alpha value is -2.53. The third-order valence-electron chi connectivity index (χ3n) is 3.86. The first-order chi connectivity index (χ1) is 11.4. The maximum Gasteiger partial charge on any atom is 0.266 e. The molecule has 0 amide bonds. The number of nitrogens with zero attached hydrogens (tertiary/aromatic N) is 2. The Morgan fingerprint density at radius 2 is 1.83 bits per heavy atom. The van der Waals surface area contributed by atoms with Crippen LogP contribution in [0.2, 0.25) is 5.02 Å². The second-order valence-electron chi connectivity index (χ2n) is 5.83. The van der Waals surface area contributed by atoms with Crippen molar-refractivity contribution in [3.05, 3.63) is 57.6 Å². The molecule has 0 saturated heterocycles. The Morgan fingerprint density at radius 1 is 1.17 bits per heavy atom. The van der Waals surface area contributed by atoms with E-state index in [4.69, 9.17) is 27.1 Å². The molecular weight excluding hydrogens is 326 g/mol. The zero-order valence-electron chi connectivity index (χ0n) is 13.7. The molecule has 0 saturated carbocycles. The number of hydrogen-bond acceptors (Lipinski definition) is 4. The SMILES string of the molecule is COc1c(N)ccc2c(=O)n(-c3ccc(Cl)cc3)c(C(C)C)nc12. The second-order valence-corrected chi connectivity index (χ2v) is 6.26. The van der Waals surface area contributed by atoms with Crippen LogP contribution in [0, 0.1) is 0 Å². The van der Waals surface area contributed by atoms with Crippen LogP contribution < -0.4 is 16.0 Å². The summed E-state index contributed by atoms with van der Waals surface area (Å²) in [5.41, 5.74) is 7.45. The van der Waals surface area contributed by atoms with Crippen molar-refractivity contribution < 1.29 is 4.74 Å². The summed E-state index contributed by atoms with van der Waals surface area (Å²) in [5.74, 6) is 1.09. The lowest BCUT2D eigenvalue weighted by molar-refractivity contribution is 0.420. The topological polar surface area (TPSA) is 70.1 Å². The summed E-state index contributed by atoms with van der Waals surface area (Å²) in [6, 6.07) is 10.4. The van der Waals surface area contributed by atoms with E-state index in [0.29, 0.717) is 33.2 Å². The molecule has 2 N–H and O–H groups in total. The summed E-state index contributed by atoms with van der Waals surface area (Å²) < 4.78 is 6.97. The van der Waals surface area contributed by atoms with Crippen LogP contribution in [0.25, 0.3) is 16.6 Å². The van der Waals surface area contributed by atoms with Gasteiger partial charge in [-0.1, -0.05) is 25.4 Å². The number of methoxy groups -OCH3 is 1. The van der Waals surface area contributed by atoms with Crippen LogP contribution in [-0.2, 0) is 0 Å². The molecule has 6 heteroatoms. The highest BCUT2D eigenvalue weighted by Gasteiger charge is 2.18. The lowest BCUT2D eigenvalue weighted by atomic mass is 10.1. The van der Waals surface area contributed by atoms with E-state index in [1.807, 2.05) is 13.8 Å². The molecule has 0 spiro atoms. The van der Waals surface area contributed by atoms with Gasteiger partial charge in [-0.05, 0) is 36.4 Å². The first-order valence-electron chi connectivity index (χ1n) is 7.59. The molecule has 124 valence electrons. The quantitative estimate of drug-likeness (QED) is 0.735. The molecule has 0 fully saturated rings. The van der Waals surface area contributed by atoms with E-state index in [1.54, 1.807) is 41.0 Å². The summed E-state index contributed by atoms with van der Waals surface area (Å²) >= 11 is 5.96. The zero-order chi connectivity index (χ0) is 17.4. The molecule has 0 unspecified atom stereocenters. The van der Waals surface area contributed by atoms with Crippen LogP contribution in [0.5, 0.6) is 5.75 Å². The van der Waals surface area contributed by atoms with Crippen molar-refractivity contribution >= 4 is 28.2 Å². The van der Waals surface area contributed by atoms with Crippen LogP contribution in [0.15, 0.2) is 41.2 Å². The average Bonchev–Trinajstić information content (AvgIpc) is 2.55. The van der Waals surface area contributed by atoms with Crippen LogP contribution >= 0.6 is 11.6 Å². The first kappa shape index (κ1) is 16.3. The smallest absolute Gasteiger partial charge is 0.266 e. The molecule has 0 radical (unpaired) electrons. The highest BCUT2D eigenvalue weighted by atomic mass is 35.5. The summed E-state index contributed by atoms with van der Waals surface area (Å²) in [6.45, 7) is 3.97. The van der Waals surface area contributed by atoms with Crippen molar-refractivity contribution in [1.82, 2.24) is 9.55 Å². The highest BCUT2D eigenvalue weighted by molar-refractivity contribution is 6.30. The number of aromatic nitrogens is 2. The standard InChI is InChI=1S/C18H18ClN3O2/c1-10(2)17-21-15-13(8-9-14(20)16(15)24-3)18(23)22(17)12-6-4-11(19)5-7-12/h4-10H,20H2,1-3H3. The van der Waals surface area contributed by atoms with E-state index >= 15 is 0 Å². The summed E-state index contributed by atoms with van der Waals surface area (Å²) in [5, 5.41) is 1.07. The van der Waals surface area contributed by atoms with Gasteiger partial charge in [0.15, 0.2) is 5.75 Å². The number of halogens is 1. The number of rotatable bonds is 3. The van der Waals surface area contributed by atoms with E-state index in [0.717, 1.165) is 5.69 Å². The number of benzene rings is 2. The Bertz CT molecular complexity index is 963. The minimum Gasteiger partial charge on any atom is -0.492 e. The molecular formula is C18H18ClN3O2. The fraction of sp³-hybridized carbons (Fsp3) is 0.222. The van der Waals surface area contributed by atoms with Crippen LogP contribution in [-0.4, -0.2) is 16.7 Å². The molecule has 0 aliphatic heterocycles. The van der Waals surface area contributed by atoms with Crippen LogP contribution in [0.4, 0.5) is 5.69 Å². The van der Waals surface area contributed by atoms with Crippen molar-refractivity contribution in [3.8, 4) is 11.4 Å². The molecule has 2 aromatic carbocycles. The molecule has 0 atom stereocenters. The zero-order valence-corrected chi connectivity index (χ0v) is 14.5.